The molecule has 6 nitrogen and oxygen atoms in total. The van der Waals surface area contributed by atoms with Gasteiger partial charge in [-0.15, -0.1) is 0 Å². The van der Waals surface area contributed by atoms with Gasteiger partial charge in [-0.1, -0.05) is 0 Å². The molecule has 0 aliphatic rings. The van der Waals surface area contributed by atoms with E-state index in [0.717, 1.165) is 18.3 Å². The summed E-state index contributed by atoms with van der Waals surface area (Å²) in [5.41, 5.74) is -0.230. The quantitative estimate of drug-likeness (QED) is 0.488. The molecule has 0 saturated heterocycles. The summed E-state index contributed by atoms with van der Waals surface area (Å²) >= 11 is 1.01. The lowest BCUT2D eigenvalue weighted by Gasteiger charge is -2.17. The van der Waals surface area contributed by atoms with Crippen molar-refractivity contribution in [2.45, 2.75) is 0 Å². The Bertz CT molecular complexity index is 306. The number of nitrogens with two attached hydrogens (primary N) is 1. The summed E-state index contributed by atoms with van der Waals surface area (Å²) in [6, 6.07) is 0. The first-order chi connectivity index (χ1) is 6.11. The molecular formula is C6H13N5OS. The number of nitrogens with zero attached hydrogens (tertiary/aromatic N) is 3. The Kier molecular flexibility index (Phi) is 3.40. The summed E-state index contributed by atoms with van der Waals surface area (Å²) in [5, 5.41) is 1.36. The molecule has 0 aromatic carbocycles. The van der Waals surface area contributed by atoms with Crippen LogP contribution < -0.4 is 16.4 Å². The number of nitrogens with one attached hydrogen (secondary N) is 1. The molecule has 0 aliphatic carbocycles. The number of anilines is 1. The molecule has 1 aromatic rings. The van der Waals surface area contributed by atoms with Crippen molar-refractivity contribution in [2.24, 2.45) is 5.84 Å². The fraction of sp³-hybridized carbons (Fsp3) is 0.667. The van der Waals surface area contributed by atoms with Gasteiger partial charge in [0.1, 0.15) is 0 Å². The lowest BCUT2D eigenvalue weighted by Crippen LogP contribution is -2.39. The number of aromatic nitrogens is 2. The maximum Gasteiger partial charge on any atom is 0.303 e. The van der Waals surface area contributed by atoms with Gasteiger partial charge in [0, 0.05) is 24.8 Å². The van der Waals surface area contributed by atoms with Gasteiger partial charge in [-0.2, -0.15) is 4.37 Å². The number of hydrogen-bond donors (Lipinski definition) is 2. The summed E-state index contributed by atoms with van der Waals surface area (Å²) < 4.78 is 6.33. The van der Waals surface area contributed by atoms with E-state index in [9.17, 15) is 4.79 Å². The Balaban J connectivity index is 2.54. The number of rotatable bonds is 4. The molecule has 0 radical (unpaired) electrons. The second-order valence-corrected chi connectivity index (χ2v) is 3.50. The van der Waals surface area contributed by atoms with Crippen LogP contribution in [0, 0.1) is 0 Å². The van der Waals surface area contributed by atoms with Gasteiger partial charge in [0.2, 0.25) is 5.82 Å². The fourth-order valence-corrected chi connectivity index (χ4v) is 1.29. The molecule has 3 N–H and O–H groups in total. The average molecular weight is 203 g/mol. The molecule has 0 unspecified atom stereocenters. The maximum atomic E-state index is 11.1. The molecule has 0 spiro atoms. The molecular weight excluding hydrogens is 190 g/mol. The topological polar surface area (TPSA) is 78.2 Å². The fourth-order valence-electron chi connectivity index (χ4n) is 0.791. The number of aromatic amines is 1. The largest absolute Gasteiger partial charge is 0.308 e. The van der Waals surface area contributed by atoms with Crippen LogP contribution in [0.3, 0.4) is 0 Å². The zero-order chi connectivity index (χ0) is 9.84. The lowest BCUT2D eigenvalue weighted by atomic mass is 10.5. The van der Waals surface area contributed by atoms with Crippen LogP contribution in [0.15, 0.2) is 4.79 Å². The standard InChI is InChI=1S/C6H13N5OS/c1-10(2)3-4-11(7)5-6(12)9-13-8-5/h3-4,7H2,1-2H3,(H,9,12). The van der Waals surface area contributed by atoms with Gasteiger partial charge in [-0.25, -0.2) is 5.84 Å². The van der Waals surface area contributed by atoms with Crippen LogP contribution in [-0.2, 0) is 0 Å². The second kappa shape index (κ2) is 4.35. The highest BCUT2D eigenvalue weighted by Crippen LogP contribution is 1.98. The van der Waals surface area contributed by atoms with E-state index in [1.54, 1.807) is 0 Å². The molecule has 0 aliphatic heterocycles. The molecule has 74 valence electrons. The van der Waals surface area contributed by atoms with E-state index in [4.69, 9.17) is 5.84 Å². The lowest BCUT2D eigenvalue weighted by molar-refractivity contribution is 0.413. The van der Waals surface area contributed by atoms with Crippen molar-refractivity contribution in [1.82, 2.24) is 13.6 Å². The zero-order valence-electron chi connectivity index (χ0n) is 7.65. The van der Waals surface area contributed by atoms with Crippen molar-refractivity contribution in [1.29, 1.82) is 0 Å². The monoisotopic (exact) mass is 203 g/mol. The Morgan fingerprint density at radius 1 is 1.54 bits per heavy atom. The maximum absolute atomic E-state index is 11.1. The van der Waals surface area contributed by atoms with E-state index in [1.165, 1.54) is 5.01 Å². The molecule has 13 heavy (non-hydrogen) atoms. The van der Waals surface area contributed by atoms with Crippen molar-refractivity contribution in [3.8, 4) is 0 Å². The first kappa shape index (κ1) is 10.2. The van der Waals surface area contributed by atoms with Crippen LogP contribution in [0.1, 0.15) is 0 Å². The number of hydrazine groups is 1. The van der Waals surface area contributed by atoms with Crippen molar-refractivity contribution >= 4 is 17.5 Å². The minimum absolute atomic E-state index is 0.230. The highest BCUT2D eigenvalue weighted by molar-refractivity contribution is 6.99. The predicted molar refractivity (Wildman–Crippen MR) is 52.8 cm³/mol. The van der Waals surface area contributed by atoms with Gasteiger partial charge in [0.15, 0.2) is 0 Å². The molecule has 1 aromatic heterocycles. The Labute approximate surface area is 80.2 Å². The van der Waals surface area contributed by atoms with E-state index in [1.807, 2.05) is 19.0 Å². The zero-order valence-corrected chi connectivity index (χ0v) is 8.47. The van der Waals surface area contributed by atoms with Crippen LogP contribution in [0.2, 0.25) is 0 Å². The Hall–Kier alpha value is -0.920. The van der Waals surface area contributed by atoms with Gasteiger partial charge >= 0.3 is 5.56 Å². The van der Waals surface area contributed by atoms with Gasteiger partial charge in [0.05, 0.1) is 0 Å². The Morgan fingerprint density at radius 2 is 2.23 bits per heavy atom. The summed E-state index contributed by atoms with van der Waals surface area (Å²) in [7, 11) is 3.89. The van der Waals surface area contributed by atoms with Crippen LogP contribution in [0.4, 0.5) is 5.82 Å². The van der Waals surface area contributed by atoms with Gasteiger partial charge in [-0.3, -0.25) is 14.2 Å². The number of hydrogen-bond acceptors (Lipinski definition) is 6. The number of H-pyrrole nitrogens is 1. The first-order valence-electron chi connectivity index (χ1n) is 3.82. The van der Waals surface area contributed by atoms with Crippen LogP contribution >= 0.6 is 11.7 Å². The molecule has 0 saturated carbocycles. The van der Waals surface area contributed by atoms with Crippen molar-refractivity contribution in [3.05, 3.63) is 10.4 Å². The Morgan fingerprint density at radius 3 is 2.69 bits per heavy atom. The molecule has 1 rings (SSSR count). The van der Waals surface area contributed by atoms with Crippen molar-refractivity contribution in [3.63, 3.8) is 0 Å². The minimum atomic E-state index is -0.230. The normalized spacial score (nSPS) is 10.8. The third-order valence-corrected chi connectivity index (χ3v) is 2.07. The van der Waals surface area contributed by atoms with Gasteiger partial charge < -0.3 is 4.90 Å². The molecule has 0 fully saturated rings. The van der Waals surface area contributed by atoms with E-state index >= 15 is 0 Å². The van der Waals surface area contributed by atoms with Crippen molar-refractivity contribution < 1.29 is 0 Å². The first-order valence-corrected chi connectivity index (χ1v) is 4.60. The van der Waals surface area contributed by atoms with Crippen LogP contribution in [0.25, 0.3) is 0 Å². The van der Waals surface area contributed by atoms with E-state index in [-0.39, 0.29) is 11.4 Å². The van der Waals surface area contributed by atoms with E-state index in [0.29, 0.717) is 6.54 Å². The third kappa shape index (κ3) is 2.79. The average Bonchev–Trinajstić information content (AvgIpc) is 2.47. The second-order valence-electron chi connectivity index (χ2n) is 2.93. The number of likely N-dealkylation sites (N-methyl/N-ethyl adjacent to an activating group) is 1. The van der Waals surface area contributed by atoms with Crippen molar-refractivity contribution in [2.75, 3.05) is 32.2 Å². The summed E-state index contributed by atoms with van der Waals surface area (Å²) in [6.45, 7) is 1.37. The summed E-state index contributed by atoms with van der Waals surface area (Å²) in [6.07, 6.45) is 0. The minimum Gasteiger partial charge on any atom is -0.308 e. The smallest absolute Gasteiger partial charge is 0.303 e. The molecule has 1 heterocycles. The van der Waals surface area contributed by atoms with Crippen LogP contribution in [-0.4, -0.2) is 40.8 Å². The highest BCUT2D eigenvalue weighted by atomic mass is 32.1. The van der Waals surface area contributed by atoms with Gasteiger partial charge in [0.25, 0.3) is 0 Å². The molecule has 0 amide bonds. The molecule has 0 atom stereocenters. The SMILES string of the molecule is CN(C)CCN(N)c1ns[nH]c1=O. The van der Waals surface area contributed by atoms with Gasteiger partial charge in [-0.05, 0) is 14.1 Å². The molecule has 7 heteroatoms. The van der Waals surface area contributed by atoms with Crippen LogP contribution in [0.5, 0.6) is 0 Å². The third-order valence-electron chi connectivity index (χ3n) is 1.53. The summed E-state index contributed by atoms with van der Waals surface area (Å²) in [5.74, 6) is 5.90. The highest BCUT2D eigenvalue weighted by Gasteiger charge is 2.08. The van der Waals surface area contributed by atoms with E-state index < -0.39 is 0 Å². The van der Waals surface area contributed by atoms with E-state index in [2.05, 4.69) is 8.75 Å². The predicted octanol–water partition coefficient (Wildman–Crippen LogP) is -0.927. The molecule has 0 bridgehead atoms. The summed E-state index contributed by atoms with van der Waals surface area (Å²) in [4.78, 5) is 13.0.